The highest BCUT2D eigenvalue weighted by Gasteiger charge is 2.32. The number of carbonyl (C=O) groups excluding carboxylic acids is 1. The van der Waals surface area contributed by atoms with Gasteiger partial charge < -0.3 is 4.90 Å². The van der Waals surface area contributed by atoms with Crippen molar-refractivity contribution in [1.29, 1.82) is 0 Å². The molecule has 0 N–H and O–H groups in total. The quantitative estimate of drug-likeness (QED) is 0.647. The van der Waals surface area contributed by atoms with E-state index < -0.39 is 0 Å². The fourth-order valence-electron chi connectivity index (χ4n) is 4.94. The highest BCUT2D eigenvalue weighted by atomic mass is 32.1. The van der Waals surface area contributed by atoms with Gasteiger partial charge in [-0.1, -0.05) is 24.3 Å². The number of hydrogen-bond donors (Lipinski definition) is 0. The predicted octanol–water partition coefficient (Wildman–Crippen LogP) is 3.67. The van der Waals surface area contributed by atoms with Gasteiger partial charge in [0.05, 0.1) is 0 Å². The van der Waals surface area contributed by atoms with Gasteiger partial charge in [-0.2, -0.15) is 16.4 Å². The van der Waals surface area contributed by atoms with Gasteiger partial charge in [0.15, 0.2) is 5.69 Å². The van der Waals surface area contributed by atoms with Crippen molar-refractivity contribution in [2.75, 3.05) is 13.6 Å². The summed E-state index contributed by atoms with van der Waals surface area (Å²) in [7, 11) is 4.18. The second-order valence-electron chi connectivity index (χ2n) is 8.59. The van der Waals surface area contributed by atoms with Gasteiger partial charge in [0.2, 0.25) is 0 Å². The molecule has 1 aromatic carbocycles. The molecule has 156 valence electrons. The number of carbonyl (C=O) groups is 1. The molecule has 30 heavy (non-hydrogen) atoms. The van der Waals surface area contributed by atoms with E-state index in [-0.39, 0.29) is 5.91 Å². The Bertz CT molecular complexity index is 1060. The van der Waals surface area contributed by atoms with E-state index in [9.17, 15) is 4.79 Å². The average molecular weight is 421 g/mol. The van der Waals surface area contributed by atoms with Crippen molar-refractivity contribution >= 4 is 17.2 Å². The molecule has 0 fully saturated rings. The summed E-state index contributed by atoms with van der Waals surface area (Å²) in [5.41, 5.74) is 7.05. The number of fused-ring (bicyclic) bond motifs is 2. The summed E-state index contributed by atoms with van der Waals surface area (Å²) in [5, 5.41) is 9.06. The lowest BCUT2D eigenvalue weighted by Gasteiger charge is -2.32. The monoisotopic (exact) mass is 420 g/mol. The van der Waals surface area contributed by atoms with Crippen LogP contribution in [-0.2, 0) is 39.4 Å². The number of nitrogens with zero attached hydrogens (tertiary/aromatic N) is 4. The van der Waals surface area contributed by atoms with Gasteiger partial charge in [-0.15, -0.1) is 0 Å². The lowest BCUT2D eigenvalue weighted by Crippen LogP contribution is -2.38. The third-order valence-electron chi connectivity index (χ3n) is 6.68. The first-order chi connectivity index (χ1) is 14.6. The molecular weight excluding hydrogens is 392 g/mol. The molecule has 2 aliphatic rings. The maximum atomic E-state index is 13.5. The lowest BCUT2D eigenvalue weighted by molar-refractivity contribution is 0.0726. The Labute approximate surface area is 181 Å². The molecule has 0 saturated heterocycles. The van der Waals surface area contributed by atoms with Crippen molar-refractivity contribution in [2.45, 2.75) is 44.8 Å². The third kappa shape index (κ3) is 3.59. The molecule has 1 aliphatic carbocycles. The summed E-state index contributed by atoms with van der Waals surface area (Å²) in [5.74, 6) is 0.0856. The van der Waals surface area contributed by atoms with Crippen molar-refractivity contribution in [3.05, 3.63) is 74.7 Å². The van der Waals surface area contributed by atoms with Crippen LogP contribution in [0.3, 0.4) is 0 Å². The van der Waals surface area contributed by atoms with Crippen LogP contribution in [0.15, 0.2) is 41.1 Å². The maximum Gasteiger partial charge on any atom is 0.274 e. The number of hydrogen-bond acceptors (Lipinski definition) is 4. The number of likely N-dealkylation sites (N-methyl/N-ethyl adjacent to an activating group) is 1. The van der Waals surface area contributed by atoms with Crippen LogP contribution in [0.1, 0.15) is 44.9 Å². The first-order valence-corrected chi connectivity index (χ1v) is 11.7. The van der Waals surface area contributed by atoms with Gasteiger partial charge in [0.1, 0.15) is 0 Å². The summed E-state index contributed by atoms with van der Waals surface area (Å²) >= 11 is 1.75. The Morgan fingerprint density at radius 2 is 2.07 bits per heavy atom. The van der Waals surface area contributed by atoms with E-state index >= 15 is 0 Å². The minimum absolute atomic E-state index is 0.0856. The van der Waals surface area contributed by atoms with Gasteiger partial charge in [0.25, 0.3) is 5.91 Å². The molecule has 3 aromatic rings. The van der Waals surface area contributed by atoms with Gasteiger partial charge in [-0.05, 0) is 66.2 Å². The van der Waals surface area contributed by atoms with Crippen LogP contribution in [0.5, 0.6) is 0 Å². The van der Waals surface area contributed by atoms with E-state index in [2.05, 4.69) is 53.0 Å². The van der Waals surface area contributed by atoms with Gasteiger partial charge in [-0.25, -0.2) is 0 Å². The molecule has 0 bridgehead atoms. The number of benzene rings is 1. The van der Waals surface area contributed by atoms with E-state index in [1.807, 2.05) is 16.6 Å². The Morgan fingerprint density at radius 3 is 2.87 bits per heavy atom. The first kappa shape index (κ1) is 19.5. The molecule has 0 saturated carbocycles. The van der Waals surface area contributed by atoms with Crippen LogP contribution in [0.4, 0.5) is 0 Å². The molecule has 1 unspecified atom stereocenters. The standard InChI is InChI=1S/C24H28N4OS/c1-26(14-17-10-12-30-16-17)20-7-8-22-21(13-20)23(25-27(22)2)24(29)28-11-9-18-5-3-4-6-19(18)15-28/h3-6,10,12,16,20H,7-9,11,13-15H2,1-2H3. The zero-order chi connectivity index (χ0) is 20.7. The molecule has 5 rings (SSSR count). The highest BCUT2D eigenvalue weighted by molar-refractivity contribution is 7.07. The van der Waals surface area contributed by atoms with Crippen molar-refractivity contribution in [1.82, 2.24) is 19.6 Å². The predicted molar refractivity (Wildman–Crippen MR) is 120 cm³/mol. The summed E-state index contributed by atoms with van der Waals surface area (Å²) < 4.78 is 1.94. The third-order valence-corrected chi connectivity index (χ3v) is 7.42. The van der Waals surface area contributed by atoms with Crippen molar-refractivity contribution in [3.8, 4) is 0 Å². The molecule has 2 aromatic heterocycles. The van der Waals surface area contributed by atoms with Crippen LogP contribution >= 0.6 is 11.3 Å². The van der Waals surface area contributed by atoms with Crippen LogP contribution in [-0.4, -0.2) is 45.1 Å². The van der Waals surface area contributed by atoms with E-state index in [1.54, 1.807) is 11.3 Å². The minimum atomic E-state index is 0.0856. The largest absolute Gasteiger partial charge is 0.333 e. The molecule has 5 nitrogen and oxygen atoms in total. The SMILES string of the molecule is CN(Cc1ccsc1)C1CCc2c(c(C(=O)N3CCc4ccccc4C3)nn2C)C1. The van der Waals surface area contributed by atoms with Crippen LogP contribution in [0, 0.1) is 0 Å². The minimum Gasteiger partial charge on any atom is -0.333 e. The van der Waals surface area contributed by atoms with Crippen LogP contribution < -0.4 is 0 Å². The van der Waals surface area contributed by atoms with Crippen LogP contribution in [0.25, 0.3) is 0 Å². The maximum absolute atomic E-state index is 13.5. The van der Waals surface area contributed by atoms with Crippen molar-refractivity contribution < 1.29 is 4.79 Å². The zero-order valence-electron chi connectivity index (χ0n) is 17.7. The Kier molecular flexibility index (Phi) is 5.21. The van der Waals surface area contributed by atoms with Gasteiger partial charge >= 0.3 is 0 Å². The normalized spacial score (nSPS) is 18.4. The van der Waals surface area contributed by atoms with Gasteiger partial charge in [-0.3, -0.25) is 14.4 Å². The van der Waals surface area contributed by atoms with E-state index in [1.165, 1.54) is 22.4 Å². The van der Waals surface area contributed by atoms with E-state index in [4.69, 9.17) is 5.10 Å². The number of thiophene rings is 1. The highest BCUT2D eigenvalue weighted by Crippen LogP contribution is 2.29. The average Bonchev–Trinajstić information content (AvgIpc) is 3.40. The van der Waals surface area contributed by atoms with Crippen molar-refractivity contribution in [2.24, 2.45) is 7.05 Å². The molecular formula is C24H28N4OS. The number of rotatable bonds is 4. The Balaban J connectivity index is 1.36. The smallest absolute Gasteiger partial charge is 0.274 e. The molecule has 0 spiro atoms. The van der Waals surface area contributed by atoms with E-state index in [0.717, 1.165) is 44.3 Å². The molecule has 6 heteroatoms. The lowest BCUT2D eigenvalue weighted by atomic mass is 9.90. The number of aromatic nitrogens is 2. The molecule has 1 amide bonds. The fourth-order valence-corrected chi connectivity index (χ4v) is 5.60. The summed E-state index contributed by atoms with van der Waals surface area (Å²) in [6, 6.07) is 11.1. The molecule has 1 aliphatic heterocycles. The molecule has 0 radical (unpaired) electrons. The fraction of sp³-hybridized carbons (Fsp3) is 0.417. The summed E-state index contributed by atoms with van der Waals surface area (Å²) in [6.45, 7) is 2.40. The Morgan fingerprint density at radius 1 is 1.23 bits per heavy atom. The molecule has 3 heterocycles. The summed E-state index contributed by atoms with van der Waals surface area (Å²) in [4.78, 5) is 17.9. The second kappa shape index (κ2) is 8.00. The molecule has 1 atom stereocenters. The van der Waals surface area contributed by atoms with Crippen LogP contribution in [0.2, 0.25) is 0 Å². The Hall–Kier alpha value is -2.44. The topological polar surface area (TPSA) is 41.4 Å². The van der Waals surface area contributed by atoms with E-state index in [0.29, 0.717) is 18.3 Å². The number of aryl methyl sites for hydroxylation is 1. The summed E-state index contributed by atoms with van der Waals surface area (Å²) in [6.07, 6.45) is 3.91. The zero-order valence-corrected chi connectivity index (χ0v) is 18.5. The van der Waals surface area contributed by atoms with Gasteiger partial charge in [0, 0.05) is 44.0 Å². The second-order valence-corrected chi connectivity index (χ2v) is 9.37. The van der Waals surface area contributed by atoms with Crippen molar-refractivity contribution in [3.63, 3.8) is 0 Å². The number of amides is 1. The first-order valence-electron chi connectivity index (χ1n) is 10.7.